The van der Waals surface area contributed by atoms with Gasteiger partial charge in [-0.2, -0.15) is 5.26 Å². The summed E-state index contributed by atoms with van der Waals surface area (Å²) in [6, 6.07) is 31.7. The van der Waals surface area contributed by atoms with Gasteiger partial charge in [0.05, 0.1) is 66.1 Å². The molecule has 0 spiro atoms. The molecule has 26 nitrogen and oxygen atoms in total. The third kappa shape index (κ3) is 14.9. The average molecular weight is 1340 g/mol. The highest BCUT2D eigenvalue weighted by Crippen LogP contribution is 2.41. The number of carbonyl (C=O) groups is 1. The lowest BCUT2D eigenvalue weighted by Crippen LogP contribution is -2.55. The number of rotatable bonds is 14. The van der Waals surface area contributed by atoms with Crippen molar-refractivity contribution in [2.75, 3.05) is 76.2 Å². The molecule has 0 radical (unpaired) electrons. The van der Waals surface area contributed by atoms with E-state index in [9.17, 15) is 79.8 Å². The summed E-state index contributed by atoms with van der Waals surface area (Å²) >= 11 is 6.44. The lowest BCUT2D eigenvalue weighted by atomic mass is 9.86. The molecule has 6 aliphatic rings. The number of anilines is 2. The molecule has 6 aromatic carbocycles. The SMILES string of the molecule is COc1ccc([C@@H]2O[C@H](CO)[C@@H](O)[C@H](O)[C@H]2O)cc1Cc1ccc2c(c1)NCCS2(=O)=O.N#Cc1ccc([C@@H]2O[C@H](CO)[C@@H](O)[C@H](O)[C@H]2O)cc1Cc1ccc2c(c1)OCCO2.NC(=O)c1c([C@@H]2O[C@H](CO)[C@@H](O)[C@H](O)[C@H]2O)ccc(Cl)c1Cc1ccc2c(c1)NCCO2. The van der Waals surface area contributed by atoms with Gasteiger partial charge in [0.15, 0.2) is 21.3 Å². The zero-order valence-electron chi connectivity index (χ0n) is 50.7. The Labute approximate surface area is 545 Å². The Bertz CT molecular complexity index is 3840. The van der Waals surface area contributed by atoms with Crippen molar-refractivity contribution in [1.29, 1.82) is 5.26 Å². The van der Waals surface area contributed by atoms with Crippen LogP contribution in [0.25, 0.3) is 0 Å². The minimum absolute atomic E-state index is 0.0590. The number of hydrogen-bond acceptors (Lipinski definition) is 25. The first kappa shape index (κ1) is 69.5. The van der Waals surface area contributed by atoms with Crippen LogP contribution in [0, 0.1) is 11.3 Å². The summed E-state index contributed by atoms with van der Waals surface area (Å²) in [7, 11) is -1.75. The molecule has 0 aromatic heterocycles. The van der Waals surface area contributed by atoms with Crippen molar-refractivity contribution in [3.8, 4) is 29.1 Å². The summed E-state index contributed by atoms with van der Waals surface area (Å²) in [6.07, 6.45) is -18.3. The summed E-state index contributed by atoms with van der Waals surface area (Å²) in [5.41, 5.74) is 13.5. The molecule has 0 saturated carbocycles. The number of methoxy groups -OCH3 is 1. The summed E-state index contributed by atoms with van der Waals surface area (Å²) in [5, 5.41) is 136. The Balaban J connectivity index is 0.000000154. The van der Waals surface area contributed by atoms with Crippen LogP contribution in [0.4, 0.5) is 11.4 Å². The number of fused-ring (bicyclic) bond motifs is 3. The summed E-state index contributed by atoms with van der Waals surface area (Å²) in [6.45, 7) is 1.00. The van der Waals surface area contributed by atoms with Gasteiger partial charge in [0, 0.05) is 24.5 Å². The van der Waals surface area contributed by atoms with E-state index >= 15 is 0 Å². The number of aliphatic hydroxyl groups excluding tert-OH is 12. The van der Waals surface area contributed by atoms with E-state index < -0.39 is 127 Å². The Hall–Kier alpha value is -7.28. The first-order chi connectivity index (χ1) is 45.1. The quantitative estimate of drug-likeness (QED) is 0.0716. The molecule has 12 rings (SSSR count). The van der Waals surface area contributed by atoms with Gasteiger partial charge >= 0.3 is 0 Å². The highest BCUT2D eigenvalue weighted by atomic mass is 35.5. The van der Waals surface area contributed by atoms with E-state index in [0.717, 1.165) is 33.7 Å². The third-order valence-electron chi connectivity index (χ3n) is 17.3. The van der Waals surface area contributed by atoms with Crippen molar-refractivity contribution in [2.45, 2.75) is 116 Å². The summed E-state index contributed by atoms with van der Waals surface area (Å²) in [4.78, 5) is 12.8. The van der Waals surface area contributed by atoms with E-state index in [1.165, 1.54) is 13.2 Å². The van der Waals surface area contributed by atoms with Gasteiger partial charge in [-0.3, -0.25) is 4.79 Å². The minimum atomic E-state index is -3.29. The van der Waals surface area contributed by atoms with Gasteiger partial charge in [-0.05, 0) is 124 Å². The smallest absolute Gasteiger partial charge is 0.249 e. The number of benzene rings is 6. The van der Waals surface area contributed by atoms with Crippen molar-refractivity contribution >= 4 is 38.7 Å². The van der Waals surface area contributed by atoms with Crippen molar-refractivity contribution in [1.82, 2.24) is 0 Å². The van der Waals surface area contributed by atoms with E-state index in [2.05, 4.69) is 16.7 Å². The maximum Gasteiger partial charge on any atom is 0.249 e. The van der Waals surface area contributed by atoms with Crippen LogP contribution in [-0.4, -0.2) is 214 Å². The molecule has 0 bridgehead atoms. The van der Waals surface area contributed by atoms with Crippen LogP contribution >= 0.6 is 11.6 Å². The predicted octanol–water partition coefficient (Wildman–Crippen LogP) is 0.784. The van der Waals surface area contributed by atoms with Crippen molar-refractivity contribution in [3.05, 3.63) is 169 Å². The average Bonchev–Trinajstić information content (AvgIpc) is 0.783. The number of nitrogens with two attached hydrogens (primary N) is 1. The Kier molecular flexibility index (Phi) is 22.3. The van der Waals surface area contributed by atoms with Gasteiger partial charge in [0.25, 0.3) is 0 Å². The van der Waals surface area contributed by atoms with Gasteiger partial charge < -0.3 is 111 Å². The fourth-order valence-corrected chi connectivity index (χ4v) is 13.8. The molecule has 6 aliphatic heterocycles. The zero-order valence-corrected chi connectivity index (χ0v) is 52.3. The van der Waals surface area contributed by atoms with Crippen LogP contribution in [0.2, 0.25) is 5.02 Å². The molecule has 3 fully saturated rings. The Morgan fingerprint density at radius 2 is 1.09 bits per heavy atom. The molecule has 16 N–H and O–H groups in total. The van der Waals surface area contributed by atoms with E-state index in [0.29, 0.717) is 102 Å². The van der Waals surface area contributed by atoms with E-state index in [1.54, 1.807) is 60.7 Å². The van der Waals surface area contributed by atoms with Crippen LogP contribution in [0.15, 0.2) is 108 Å². The second-order valence-electron chi connectivity index (χ2n) is 23.4. The number of hydrogen-bond donors (Lipinski definition) is 15. The number of carbonyl (C=O) groups excluding carboxylic acids is 1. The van der Waals surface area contributed by atoms with Crippen LogP contribution in [0.5, 0.6) is 23.0 Å². The number of halogens is 1. The lowest BCUT2D eigenvalue weighted by Gasteiger charge is -2.40. The molecule has 94 heavy (non-hydrogen) atoms. The third-order valence-corrected chi connectivity index (χ3v) is 19.4. The highest BCUT2D eigenvalue weighted by molar-refractivity contribution is 7.91. The standard InChI is InChI=1S/C22H25ClN2O7.C22H27NO8S.C22H23NO7/c23-13-3-2-11(21-20(29)19(28)18(27)16(9-26)32-21)17(22(24)30)12(13)7-10-1-4-15-14(8-10)25-5-6-31-15;1-30-16-4-3-13(22-21(27)20(26)19(25)17(11-24)31-22)10-14(16)8-12-2-5-18-15(9-12)23-6-7-32(18,28)29;23-10-14-3-2-13(22-21(27)20(26)19(25)18(11-24)30-22)9-15(14)7-12-1-4-16-17(8-12)29-6-5-28-16/h1-4,8,16,18-21,25-29H,5-7,9H2,(H2,24,30);2-5,9-10,17,19-27H,6-8,11H2,1H3;1-4,8-9,18-22,24-27H,5-7,11H2/t16-,18-,19+,20-,21+;17-,19-,20+,21-,22+;18-,19-,20+,21-,22+/m111/s1. The minimum Gasteiger partial charge on any atom is -0.496 e. The fraction of sp³-hybridized carbons (Fsp3) is 0.424. The Morgan fingerprint density at radius 1 is 0.574 bits per heavy atom. The van der Waals surface area contributed by atoms with Crippen LogP contribution in [0.3, 0.4) is 0 Å². The van der Waals surface area contributed by atoms with Crippen molar-refractivity contribution in [2.24, 2.45) is 5.73 Å². The second-order valence-corrected chi connectivity index (χ2v) is 25.9. The fourth-order valence-electron chi connectivity index (χ4n) is 12.3. The Morgan fingerprint density at radius 3 is 1.69 bits per heavy atom. The first-order valence-electron chi connectivity index (χ1n) is 30.3. The number of ether oxygens (including phenoxy) is 7. The molecule has 15 atom stereocenters. The zero-order chi connectivity index (χ0) is 67.3. The van der Waals surface area contributed by atoms with Crippen molar-refractivity contribution < 1.29 is 108 Å². The maximum absolute atomic E-state index is 12.5. The van der Waals surface area contributed by atoms with Gasteiger partial charge in [0.2, 0.25) is 5.91 Å². The van der Waals surface area contributed by atoms with Crippen LogP contribution in [-0.2, 0) is 43.3 Å². The molecule has 0 unspecified atom stereocenters. The number of amides is 1. The van der Waals surface area contributed by atoms with Gasteiger partial charge in [-0.1, -0.05) is 54.1 Å². The largest absolute Gasteiger partial charge is 0.496 e. The number of nitrogens with one attached hydrogen (secondary N) is 2. The van der Waals surface area contributed by atoms with E-state index in [1.807, 2.05) is 36.4 Å². The normalized spacial score (nSPS) is 28.1. The topological polar surface area (TPSA) is 432 Å². The number of primary amides is 1. The lowest BCUT2D eigenvalue weighted by molar-refractivity contribution is -0.231. The number of nitrogens with zero attached hydrogens (tertiary/aromatic N) is 1. The number of sulfone groups is 1. The molecule has 0 aliphatic carbocycles. The molecule has 6 aromatic rings. The molecular formula is C66H75ClN4O22S. The van der Waals surface area contributed by atoms with E-state index in [4.69, 9.17) is 50.5 Å². The van der Waals surface area contributed by atoms with Gasteiger partial charge in [0.1, 0.15) is 123 Å². The molecule has 3 saturated heterocycles. The van der Waals surface area contributed by atoms with Crippen molar-refractivity contribution in [3.63, 3.8) is 0 Å². The second kappa shape index (κ2) is 30.2. The monoisotopic (exact) mass is 1340 g/mol. The highest BCUT2D eigenvalue weighted by Gasteiger charge is 2.47. The van der Waals surface area contributed by atoms with Crippen LogP contribution < -0.4 is 35.3 Å². The molecule has 1 amide bonds. The molecule has 504 valence electrons. The van der Waals surface area contributed by atoms with Gasteiger partial charge in [-0.25, -0.2) is 8.42 Å². The van der Waals surface area contributed by atoms with Crippen LogP contribution in [0.1, 0.15) is 84.3 Å². The van der Waals surface area contributed by atoms with Gasteiger partial charge in [-0.15, -0.1) is 0 Å². The maximum atomic E-state index is 12.5. The van der Waals surface area contributed by atoms with E-state index in [-0.39, 0.29) is 28.2 Å². The molecular weight excluding hydrogens is 1270 g/mol. The predicted molar refractivity (Wildman–Crippen MR) is 336 cm³/mol. The number of aliphatic hydroxyl groups is 12. The summed E-state index contributed by atoms with van der Waals surface area (Å²) < 4.78 is 63.6. The first-order valence-corrected chi connectivity index (χ1v) is 32.3. The molecule has 28 heteroatoms. The molecule has 6 heterocycles. The summed E-state index contributed by atoms with van der Waals surface area (Å²) in [5.74, 6) is 1.94. The number of nitriles is 1.